The lowest BCUT2D eigenvalue weighted by Crippen LogP contribution is -2.37. The first-order valence-electron chi connectivity index (χ1n) is 9.83. The zero-order valence-corrected chi connectivity index (χ0v) is 18.3. The Morgan fingerprint density at radius 3 is 2.77 bits per heavy atom. The maximum atomic E-state index is 13.3. The van der Waals surface area contributed by atoms with Gasteiger partial charge in [-0.2, -0.15) is 4.98 Å². The molecule has 0 aliphatic carbocycles. The van der Waals surface area contributed by atoms with Crippen molar-refractivity contribution in [1.82, 2.24) is 15.2 Å². The standard InChI is InChI=1S/C22H21ClN4O2S/c1-3-8-18(28)27-17-12-6-5-11-16(17)19-20(24-22(26-25-19)30-4-2)29-21(27)14-9-7-10-15(23)13-14/h5-7,9-13,21H,3-4,8H2,1-2H3/t21-/m1/s1. The number of halogens is 1. The van der Waals surface area contributed by atoms with Crippen LogP contribution in [0.3, 0.4) is 0 Å². The highest BCUT2D eigenvalue weighted by atomic mass is 35.5. The van der Waals surface area contributed by atoms with Gasteiger partial charge in [-0.25, -0.2) is 0 Å². The van der Waals surface area contributed by atoms with E-state index >= 15 is 0 Å². The molecule has 8 heteroatoms. The lowest BCUT2D eigenvalue weighted by molar-refractivity contribution is -0.120. The van der Waals surface area contributed by atoms with Gasteiger partial charge in [0.15, 0.2) is 5.69 Å². The number of rotatable bonds is 5. The van der Waals surface area contributed by atoms with Gasteiger partial charge in [0.05, 0.1) is 5.69 Å². The molecule has 1 aromatic heterocycles. The summed E-state index contributed by atoms with van der Waals surface area (Å²) in [6.07, 6.45) is 0.393. The van der Waals surface area contributed by atoms with E-state index in [1.165, 1.54) is 11.8 Å². The minimum absolute atomic E-state index is 0.0427. The molecule has 0 spiro atoms. The Morgan fingerprint density at radius 2 is 2.00 bits per heavy atom. The highest BCUT2D eigenvalue weighted by Gasteiger charge is 2.35. The highest BCUT2D eigenvalue weighted by molar-refractivity contribution is 7.99. The van der Waals surface area contributed by atoms with Gasteiger partial charge in [0.25, 0.3) is 0 Å². The number of fused-ring (bicyclic) bond motifs is 3. The topological polar surface area (TPSA) is 68.2 Å². The van der Waals surface area contributed by atoms with Crippen LogP contribution in [-0.4, -0.2) is 26.8 Å². The van der Waals surface area contributed by atoms with Crippen LogP contribution < -0.4 is 9.64 Å². The number of ether oxygens (including phenoxy) is 1. The molecule has 1 atom stereocenters. The van der Waals surface area contributed by atoms with Gasteiger partial charge in [0.1, 0.15) is 0 Å². The van der Waals surface area contributed by atoms with Crippen molar-refractivity contribution in [2.45, 2.75) is 38.1 Å². The van der Waals surface area contributed by atoms with E-state index in [0.29, 0.717) is 33.9 Å². The van der Waals surface area contributed by atoms with Gasteiger partial charge in [-0.15, -0.1) is 10.2 Å². The summed E-state index contributed by atoms with van der Waals surface area (Å²) in [5, 5.41) is 9.74. The van der Waals surface area contributed by atoms with Crippen LogP contribution in [0.2, 0.25) is 5.02 Å². The third kappa shape index (κ3) is 4.00. The van der Waals surface area contributed by atoms with Gasteiger partial charge >= 0.3 is 0 Å². The molecule has 30 heavy (non-hydrogen) atoms. The van der Waals surface area contributed by atoms with Crippen LogP contribution in [0.4, 0.5) is 5.69 Å². The molecule has 0 N–H and O–H groups in total. The van der Waals surface area contributed by atoms with Crippen LogP contribution in [0.5, 0.6) is 5.88 Å². The Bertz CT molecular complexity index is 1080. The van der Waals surface area contributed by atoms with E-state index in [9.17, 15) is 4.79 Å². The van der Waals surface area contributed by atoms with Gasteiger partial charge in [-0.3, -0.25) is 9.69 Å². The molecule has 0 saturated carbocycles. The fourth-order valence-electron chi connectivity index (χ4n) is 3.38. The molecule has 1 aliphatic rings. The molecule has 0 saturated heterocycles. The van der Waals surface area contributed by atoms with Gasteiger partial charge in [-0.05, 0) is 30.4 Å². The fraction of sp³-hybridized carbons (Fsp3) is 0.273. The average Bonchev–Trinajstić information content (AvgIpc) is 2.88. The molecular weight excluding hydrogens is 420 g/mol. The molecule has 6 nitrogen and oxygen atoms in total. The monoisotopic (exact) mass is 440 g/mol. The van der Waals surface area contributed by atoms with Crippen molar-refractivity contribution in [1.29, 1.82) is 0 Å². The van der Waals surface area contributed by atoms with E-state index in [2.05, 4.69) is 15.2 Å². The molecular formula is C22H21ClN4O2S. The number of para-hydroxylation sites is 1. The highest BCUT2D eigenvalue weighted by Crippen LogP contribution is 2.43. The number of hydrogen-bond acceptors (Lipinski definition) is 6. The Balaban J connectivity index is 1.94. The second-order valence-electron chi connectivity index (χ2n) is 6.74. The quantitative estimate of drug-likeness (QED) is 0.486. The van der Waals surface area contributed by atoms with Crippen molar-refractivity contribution in [3.05, 3.63) is 59.1 Å². The average molecular weight is 441 g/mol. The van der Waals surface area contributed by atoms with Crippen LogP contribution in [-0.2, 0) is 4.79 Å². The molecule has 1 aliphatic heterocycles. The SMILES string of the molecule is CCCC(=O)N1c2ccccc2-c2nnc(SCC)nc2O[C@@H]1c1cccc(Cl)c1. The number of aromatic nitrogens is 3. The Morgan fingerprint density at radius 1 is 1.17 bits per heavy atom. The normalized spacial score (nSPS) is 15.0. The summed E-state index contributed by atoms with van der Waals surface area (Å²) in [6, 6.07) is 14.9. The third-order valence-corrected chi connectivity index (χ3v) is 5.61. The summed E-state index contributed by atoms with van der Waals surface area (Å²) in [5.74, 6) is 1.12. The van der Waals surface area contributed by atoms with Crippen LogP contribution in [0.15, 0.2) is 53.7 Å². The van der Waals surface area contributed by atoms with E-state index in [1.807, 2.05) is 56.3 Å². The molecule has 4 rings (SSSR count). The Labute approximate surface area is 184 Å². The van der Waals surface area contributed by atoms with Gasteiger partial charge in [-0.1, -0.05) is 67.5 Å². The largest absolute Gasteiger partial charge is 0.447 e. The molecule has 0 bridgehead atoms. The van der Waals surface area contributed by atoms with Crippen molar-refractivity contribution < 1.29 is 9.53 Å². The zero-order chi connectivity index (χ0) is 21.1. The Kier molecular flexibility index (Phi) is 6.20. The Hall–Kier alpha value is -2.64. The van der Waals surface area contributed by atoms with Crippen molar-refractivity contribution in [3.8, 4) is 17.1 Å². The fourth-order valence-corrected chi connectivity index (χ4v) is 4.09. The predicted molar refractivity (Wildman–Crippen MR) is 119 cm³/mol. The van der Waals surface area contributed by atoms with Crippen LogP contribution in [0, 0.1) is 0 Å². The maximum absolute atomic E-state index is 13.3. The molecule has 2 heterocycles. The van der Waals surface area contributed by atoms with E-state index in [1.54, 1.807) is 11.0 Å². The summed E-state index contributed by atoms with van der Waals surface area (Å²) in [6.45, 7) is 4.00. The smallest absolute Gasteiger partial charge is 0.247 e. The third-order valence-electron chi connectivity index (χ3n) is 4.65. The summed E-state index contributed by atoms with van der Waals surface area (Å²) in [4.78, 5) is 19.5. The van der Waals surface area contributed by atoms with Gasteiger partial charge < -0.3 is 4.74 Å². The minimum atomic E-state index is -0.721. The van der Waals surface area contributed by atoms with E-state index < -0.39 is 6.23 Å². The summed E-state index contributed by atoms with van der Waals surface area (Å²) >= 11 is 7.74. The number of hydrogen-bond donors (Lipinski definition) is 0. The first-order valence-corrected chi connectivity index (χ1v) is 11.2. The van der Waals surface area contributed by atoms with Crippen molar-refractivity contribution in [3.63, 3.8) is 0 Å². The molecule has 0 radical (unpaired) electrons. The first kappa shape index (κ1) is 20.6. The molecule has 0 fully saturated rings. The second-order valence-corrected chi connectivity index (χ2v) is 8.40. The van der Waals surface area contributed by atoms with E-state index in [-0.39, 0.29) is 5.91 Å². The van der Waals surface area contributed by atoms with Gasteiger partial charge in [0, 0.05) is 22.6 Å². The van der Waals surface area contributed by atoms with Crippen LogP contribution >= 0.6 is 23.4 Å². The van der Waals surface area contributed by atoms with E-state index in [4.69, 9.17) is 16.3 Å². The predicted octanol–water partition coefficient (Wildman–Crippen LogP) is 5.53. The summed E-state index contributed by atoms with van der Waals surface area (Å²) in [5.41, 5.74) is 2.75. The van der Waals surface area contributed by atoms with Crippen molar-refractivity contribution in [2.75, 3.05) is 10.7 Å². The molecule has 0 unspecified atom stereocenters. The zero-order valence-electron chi connectivity index (χ0n) is 16.7. The lowest BCUT2D eigenvalue weighted by Gasteiger charge is -2.31. The number of carbonyl (C=O) groups excluding carboxylic acids is 1. The minimum Gasteiger partial charge on any atom is -0.447 e. The number of anilines is 1. The molecule has 3 aromatic rings. The summed E-state index contributed by atoms with van der Waals surface area (Å²) in [7, 11) is 0. The van der Waals surface area contributed by atoms with Crippen LogP contribution in [0.1, 0.15) is 38.5 Å². The van der Waals surface area contributed by atoms with Crippen LogP contribution in [0.25, 0.3) is 11.3 Å². The lowest BCUT2D eigenvalue weighted by atomic mass is 10.1. The first-order chi connectivity index (χ1) is 14.6. The van der Waals surface area contributed by atoms with Crippen molar-refractivity contribution >= 4 is 35.0 Å². The number of nitrogens with zero attached hydrogens (tertiary/aromatic N) is 4. The van der Waals surface area contributed by atoms with Crippen molar-refractivity contribution in [2.24, 2.45) is 0 Å². The van der Waals surface area contributed by atoms with Gasteiger partial charge in [0.2, 0.25) is 23.2 Å². The number of benzene rings is 2. The molecule has 1 amide bonds. The molecule has 2 aromatic carbocycles. The molecule has 154 valence electrons. The van der Waals surface area contributed by atoms with E-state index in [0.717, 1.165) is 23.3 Å². The number of carbonyl (C=O) groups is 1. The summed E-state index contributed by atoms with van der Waals surface area (Å²) < 4.78 is 6.37. The number of amides is 1. The number of thioether (sulfide) groups is 1. The maximum Gasteiger partial charge on any atom is 0.247 e. The second kappa shape index (κ2) is 9.02.